The molecule has 3 rings (SSSR count). The molecule has 2 aromatic rings. The van der Waals surface area contributed by atoms with Gasteiger partial charge >= 0.3 is 0 Å². The third-order valence-electron chi connectivity index (χ3n) is 5.36. The summed E-state index contributed by atoms with van der Waals surface area (Å²) in [6.45, 7) is 12.2. The standard InChI is InChI=1S/C22H31N5O2/c1-4-14-29-21-12-8-7-10-18(21)15-25-13-9-11-19(16-25)27-17-20(23-24-27)22(28)26(5-2)6-3/h4,7-8,10,12,17,19H,1,5-6,9,11,13-16H2,2-3H3. The van der Waals surface area contributed by atoms with Gasteiger partial charge in [0.05, 0.1) is 12.2 Å². The van der Waals surface area contributed by atoms with E-state index in [1.165, 1.54) is 5.56 Å². The number of amides is 1. The van der Waals surface area contributed by atoms with Crippen molar-refractivity contribution in [3.63, 3.8) is 0 Å². The second-order valence-corrected chi connectivity index (χ2v) is 7.30. The molecule has 1 aromatic carbocycles. The second-order valence-electron chi connectivity index (χ2n) is 7.30. The molecule has 0 radical (unpaired) electrons. The van der Waals surface area contributed by atoms with Gasteiger partial charge in [-0.1, -0.05) is 36.1 Å². The Kier molecular flexibility index (Phi) is 7.41. The van der Waals surface area contributed by atoms with Crippen LogP contribution < -0.4 is 4.74 Å². The van der Waals surface area contributed by atoms with Crippen LogP contribution >= 0.6 is 0 Å². The molecule has 2 heterocycles. The highest BCUT2D eigenvalue weighted by Gasteiger charge is 2.25. The minimum absolute atomic E-state index is 0.0535. The summed E-state index contributed by atoms with van der Waals surface area (Å²) < 4.78 is 7.66. The van der Waals surface area contributed by atoms with Gasteiger partial charge in [-0.05, 0) is 39.3 Å². The van der Waals surface area contributed by atoms with Crippen LogP contribution in [-0.4, -0.2) is 63.5 Å². The van der Waals surface area contributed by atoms with Crippen molar-refractivity contribution in [2.24, 2.45) is 0 Å². The summed E-state index contributed by atoms with van der Waals surface area (Å²) in [5.74, 6) is 0.851. The SMILES string of the molecule is C=CCOc1ccccc1CN1CCCC(n2cc(C(=O)N(CC)CC)nn2)C1. The van der Waals surface area contributed by atoms with E-state index in [0.29, 0.717) is 25.4 Å². The molecule has 1 aromatic heterocycles. The molecule has 0 aliphatic carbocycles. The van der Waals surface area contributed by atoms with Crippen LogP contribution in [0.4, 0.5) is 0 Å². The molecule has 1 saturated heterocycles. The maximum Gasteiger partial charge on any atom is 0.276 e. The summed E-state index contributed by atoms with van der Waals surface area (Å²) in [6, 6.07) is 8.36. The number of ether oxygens (including phenoxy) is 1. The third kappa shape index (κ3) is 5.23. The highest BCUT2D eigenvalue weighted by atomic mass is 16.5. The number of aromatic nitrogens is 3. The van der Waals surface area contributed by atoms with Crippen LogP contribution in [0, 0.1) is 0 Å². The zero-order valence-electron chi connectivity index (χ0n) is 17.5. The van der Waals surface area contributed by atoms with E-state index in [0.717, 1.165) is 38.2 Å². The highest BCUT2D eigenvalue weighted by Crippen LogP contribution is 2.25. The first-order valence-corrected chi connectivity index (χ1v) is 10.4. The molecule has 1 unspecified atom stereocenters. The molecule has 7 heteroatoms. The zero-order chi connectivity index (χ0) is 20.6. The van der Waals surface area contributed by atoms with Crippen LogP contribution in [0.2, 0.25) is 0 Å². The molecular formula is C22H31N5O2. The van der Waals surface area contributed by atoms with Crippen molar-refractivity contribution in [3.8, 4) is 5.75 Å². The maximum absolute atomic E-state index is 12.5. The van der Waals surface area contributed by atoms with E-state index in [1.54, 1.807) is 17.2 Å². The Labute approximate surface area is 172 Å². The monoisotopic (exact) mass is 397 g/mol. The lowest BCUT2D eigenvalue weighted by molar-refractivity contribution is 0.0767. The second kappa shape index (κ2) is 10.2. The Morgan fingerprint density at radius 3 is 2.90 bits per heavy atom. The minimum Gasteiger partial charge on any atom is -0.489 e. The van der Waals surface area contributed by atoms with Crippen LogP contribution in [0.25, 0.3) is 0 Å². The van der Waals surface area contributed by atoms with Crippen LogP contribution in [0.15, 0.2) is 43.1 Å². The summed E-state index contributed by atoms with van der Waals surface area (Å²) in [7, 11) is 0. The first kappa shape index (κ1) is 21.0. The molecule has 1 amide bonds. The van der Waals surface area contributed by atoms with Crippen molar-refractivity contribution in [1.29, 1.82) is 0 Å². The lowest BCUT2D eigenvalue weighted by Gasteiger charge is -2.32. The van der Waals surface area contributed by atoms with Crippen molar-refractivity contribution in [2.45, 2.75) is 39.3 Å². The number of likely N-dealkylation sites (tertiary alicyclic amines) is 1. The number of para-hydroxylation sites is 1. The number of carbonyl (C=O) groups excluding carboxylic acids is 1. The maximum atomic E-state index is 12.5. The molecule has 0 saturated carbocycles. The quantitative estimate of drug-likeness (QED) is 0.608. The molecule has 0 spiro atoms. The van der Waals surface area contributed by atoms with E-state index < -0.39 is 0 Å². The van der Waals surface area contributed by atoms with E-state index in [9.17, 15) is 4.79 Å². The van der Waals surface area contributed by atoms with Crippen molar-refractivity contribution in [1.82, 2.24) is 24.8 Å². The molecule has 0 bridgehead atoms. The van der Waals surface area contributed by atoms with E-state index in [2.05, 4.69) is 27.9 Å². The summed E-state index contributed by atoms with van der Waals surface area (Å²) in [4.78, 5) is 16.7. The normalized spacial score (nSPS) is 17.1. The molecule has 1 fully saturated rings. The van der Waals surface area contributed by atoms with Crippen LogP contribution in [0.3, 0.4) is 0 Å². The summed E-state index contributed by atoms with van der Waals surface area (Å²) >= 11 is 0. The van der Waals surface area contributed by atoms with Crippen LogP contribution in [-0.2, 0) is 6.54 Å². The number of benzene rings is 1. The minimum atomic E-state index is -0.0535. The first-order chi connectivity index (χ1) is 14.2. The Balaban J connectivity index is 1.66. The van der Waals surface area contributed by atoms with Gasteiger partial charge < -0.3 is 9.64 Å². The molecule has 1 aliphatic heterocycles. The average Bonchev–Trinajstić information content (AvgIpc) is 3.24. The molecule has 156 valence electrons. The Bertz CT molecular complexity index is 815. The van der Waals surface area contributed by atoms with E-state index >= 15 is 0 Å². The van der Waals surface area contributed by atoms with Gasteiger partial charge in [-0.2, -0.15) is 0 Å². The van der Waals surface area contributed by atoms with Gasteiger partial charge in [-0.15, -0.1) is 5.10 Å². The van der Waals surface area contributed by atoms with Gasteiger partial charge in [0, 0.05) is 31.7 Å². The fourth-order valence-corrected chi connectivity index (χ4v) is 3.78. The Morgan fingerprint density at radius 1 is 1.34 bits per heavy atom. The molecule has 0 N–H and O–H groups in total. The van der Waals surface area contributed by atoms with Crippen molar-refractivity contribution < 1.29 is 9.53 Å². The van der Waals surface area contributed by atoms with Crippen molar-refractivity contribution in [3.05, 3.63) is 54.4 Å². The van der Waals surface area contributed by atoms with Gasteiger partial charge in [-0.3, -0.25) is 9.69 Å². The lowest BCUT2D eigenvalue weighted by atomic mass is 10.0. The number of carbonyl (C=O) groups is 1. The fourth-order valence-electron chi connectivity index (χ4n) is 3.78. The van der Waals surface area contributed by atoms with Crippen LogP contribution in [0.1, 0.15) is 48.8 Å². The predicted molar refractivity (Wildman–Crippen MR) is 113 cm³/mol. The smallest absolute Gasteiger partial charge is 0.276 e. The Hall–Kier alpha value is -2.67. The Morgan fingerprint density at radius 2 is 2.14 bits per heavy atom. The number of piperidine rings is 1. The predicted octanol–water partition coefficient (Wildman–Crippen LogP) is 3.16. The number of nitrogens with zero attached hydrogens (tertiary/aromatic N) is 5. The fraction of sp³-hybridized carbons (Fsp3) is 0.500. The molecule has 1 aliphatic rings. The van der Waals surface area contributed by atoms with Gasteiger partial charge in [0.1, 0.15) is 12.4 Å². The third-order valence-corrected chi connectivity index (χ3v) is 5.36. The van der Waals surface area contributed by atoms with E-state index in [4.69, 9.17) is 4.74 Å². The number of hydrogen-bond donors (Lipinski definition) is 0. The van der Waals surface area contributed by atoms with Crippen molar-refractivity contribution in [2.75, 3.05) is 32.8 Å². The highest BCUT2D eigenvalue weighted by molar-refractivity contribution is 5.91. The summed E-state index contributed by atoms with van der Waals surface area (Å²) in [5.41, 5.74) is 1.60. The average molecular weight is 398 g/mol. The first-order valence-electron chi connectivity index (χ1n) is 10.4. The van der Waals surface area contributed by atoms with Gasteiger partial charge in [-0.25, -0.2) is 4.68 Å². The molecule has 1 atom stereocenters. The molecular weight excluding hydrogens is 366 g/mol. The van der Waals surface area contributed by atoms with E-state index in [1.807, 2.05) is 36.7 Å². The largest absolute Gasteiger partial charge is 0.489 e. The van der Waals surface area contributed by atoms with Gasteiger partial charge in [0.25, 0.3) is 5.91 Å². The zero-order valence-corrected chi connectivity index (χ0v) is 17.5. The van der Waals surface area contributed by atoms with Crippen molar-refractivity contribution >= 4 is 5.91 Å². The van der Waals surface area contributed by atoms with E-state index in [-0.39, 0.29) is 11.9 Å². The molecule has 7 nitrogen and oxygen atoms in total. The summed E-state index contributed by atoms with van der Waals surface area (Å²) in [6.07, 6.45) is 5.68. The lowest BCUT2D eigenvalue weighted by Crippen LogP contribution is -2.36. The number of hydrogen-bond acceptors (Lipinski definition) is 5. The topological polar surface area (TPSA) is 63.5 Å². The van der Waals surface area contributed by atoms with Gasteiger partial charge in [0.15, 0.2) is 5.69 Å². The van der Waals surface area contributed by atoms with Crippen LogP contribution in [0.5, 0.6) is 5.75 Å². The van der Waals surface area contributed by atoms with Gasteiger partial charge in [0.2, 0.25) is 0 Å². The summed E-state index contributed by atoms with van der Waals surface area (Å²) in [5, 5.41) is 8.41. The number of rotatable bonds is 9. The molecule has 29 heavy (non-hydrogen) atoms.